The number of carbonyl (C=O) groups excluding carboxylic acids is 3. The predicted octanol–water partition coefficient (Wildman–Crippen LogP) is 6.31. The minimum Gasteiger partial charge on any atom is -0.463 e. The number of esters is 2. The highest BCUT2D eigenvalue weighted by Crippen LogP contribution is 2.66. The van der Waals surface area contributed by atoms with E-state index in [-0.39, 0.29) is 23.5 Å². The molecule has 5 nitrogen and oxygen atoms in total. The number of carbonyl (C=O) groups is 3. The van der Waals surface area contributed by atoms with E-state index in [2.05, 4.69) is 38.7 Å². The summed E-state index contributed by atoms with van der Waals surface area (Å²) in [5.41, 5.74) is 0.468. The lowest BCUT2D eigenvalue weighted by Gasteiger charge is -2.38. The van der Waals surface area contributed by atoms with Crippen molar-refractivity contribution in [2.45, 2.75) is 91.6 Å². The molecule has 7 atom stereocenters. The fraction of sp³-hybridized carbons (Fsp3) is 0.759. The molecular formula is C29H46O5. The highest BCUT2D eigenvalue weighted by Gasteiger charge is 2.62. The van der Waals surface area contributed by atoms with Gasteiger partial charge in [-0.1, -0.05) is 40.3 Å². The second kappa shape index (κ2) is 12.2. The van der Waals surface area contributed by atoms with E-state index in [0.29, 0.717) is 17.9 Å². The van der Waals surface area contributed by atoms with Gasteiger partial charge in [-0.25, -0.2) is 9.59 Å². The molecule has 192 valence electrons. The fourth-order valence-electron chi connectivity index (χ4n) is 7.72. The normalized spacial score (nSPS) is 36.9. The maximum Gasteiger partial charge on any atom is 0.330 e. The second-order valence-corrected chi connectivity index (χ2v) is 11.3. The van der Waals surface area contributed by atoms with E-state index in [1.165, 1.54) is 42.6 Å². The Balaban J connectivity index is 0.000000186. The lowest BCUT2D eigenvalue weighted by Crippen LogP contribution is -2.38. The molecule has 0 N–H and O–H groups in total. The minimum absolute atomic E-state index is 0.0942. The molecule has 0 aliphatic heterocycles. The number of hydrogen-bond donors (Lipinski definition) is 0. The third kappa shape index (κ3) is 5.66. The lowest BCUT2D eigenvalue weighted by molar-refractivity contribution is -0.150. The zero-order chi connectivity index (χ0) is 25.5. The Morgan fingerprint density at radius 1 is 0.882 bits per heavy atom. The summed E-state index contributed by atoms with van der Waals surface area (Å²) in [5.74, 6) is 4.88. The predicted molar refractivity (Wildman–Crippen MR) is 135 cm³/mol. The van der Waals surface area contributed by atoms with Crippen LogP contribution in [0.4, 0.5) is 0 Å². The molecule has 0 heterocycles. The summed E-state index contributed by atoms with van der Waals surface area (Å²) in [6, 6.07) is 0. The van der Waals surface area contributed by atoms with Crippen LogP contribution in [0.2, 0.25) is 0 Å². The van der Waals surface area contributed by atoms with Gasteiger partial charge in [0.15, 0.2) is 0 Å². The molecular weight excluding hydrogens is 428 g/mol. The topological polar surface area (TPSA) is 69.7 Å². The summed E-state index contributed by atoms with van der Waals surface area (Å²) in [6.45, 7) is 17.7. The maximum atomic E-state index is 11.3. The smallest absolute Gasteiger partial charge is 0.330 e. The first kappa shape index (κ1) is 28.3. The van der Waals surface area contributed by atoms with E-state index >= 15 is 0 Å². The van der Waals surface area contributed by atoms with Crippen molar-refractivity contribution in [1.29, 1.82) is 0 Å². The van der Waals surface area contributed by atoms with Crippen LogP contribution in [0.1, 0.15) is 85.5 Å². The van der Waals surface area contributed by atoms with Crippen LogP contribution in [0.5, 0.6) is 0 Å². The SMILES string of the molecule is C1CC2C3CCC(C3)C2C1.C=CC(=O)OC1CC2CCC1(C)C2(C)C.C=CC(=O)OCC.C=O. The van der Waals surface area contributed by atoms with Gasteiger partial charge < -0.3 is 14.3 Å². The lowest BCUT2D eigenvalue weighted by atomic mass is 9.70. The molecule has 0 saturated heterocycles. The highest BCUT2D eigenvalue weighted by atomic mass is 16.5. The van der Waals surface area contributed by atoms with Crippen molar-refractivity contribution < 1.29 is 23.9 Å². The van der Waals surface area contributed by atoms with E-state index in [1.54, 1.807) is 45.4 Å². The zero-order valence-electron chi connectivity index (χ0n) is 21.9. The standard InChI is InChI=1S/C13H20O2.C10H16.C5H8O2.CH2O/c1-5-11(14)15-10-8-9-6-7-13(10,4)12(9,2)3;1-2-9-7-4-5-8(6-7)10(9)3-1;1-3-5(6)7-4-2;1-2/h5,9-10H,1,6-8H2,2-4H3;7-10H,1-6H2;3H,1,4H2,2H3;1H2. The minimum atomic E-state index is -0.359. The molecule has 5 rings (SSSR count). The van der Waals surface area contributed by atoms with Gasteiger partial charge >= 0.3 is 11.9 Å². The quantitative estimate of drug-likeness (QED) is 0.352. The molecule has 4 bridgehead atoms. The first-order valence-corrected chi connectivity index (χ1v) is 13.1. The van der Waals surface area contributed by atoms with Gasteiger partial charge in [0.05, 0.1) is 6.61 Å². The Kier molecular flexibility index (Phi) is 10.1. The summed E-state index contributed by atoms with van der Waals surface area (Å²) in [5, 5.41) is 0. The molecule has 5 fully saturated rings. The van der Waals surface area contributed by atoms with Gasteiger partial charge in [-0.15, -0.1) is 0 Å². The first-order valence-electron chi connectivity index (χ1n) is 13.1. The third-order valence-corrected chi connectivity index (χ3v) is 9.94. The largest absolute Gasteiger partial charge is 0.463 e. The van der Waals surface area contributed by atoms with Crippen molar-refractivity contribution in [1.82, 2.24) is 0 Å². The molecule has 7 unspecified atom stereocenters. The van der Waals surface area contributed by atoms with Crippen LogP contribution < -0.4 is 0 Å². The van der Waals surface area contributed by atoms with E-state index in [1.807, 2.05) is 6.79 Å². The number of rotatable bonds is 4. The van der Waals surface area contributed by atoms with Crippen molar-refractivity contribution in [3.8, 4) is 0 Å². The Morgan fingerprint density at radius 2 is 1.44 bits per heavy atom. The Bertz CT molecular complexity index is 712. The summed E-state index contributed by atoms with van der Waals surface area (Å²) in [7, 11) is 0. The zero-order valence-corrected chi connectivity index (χ0v) is 21.9. The van der Waals surface area contributed by atoms with E-state index in [0.717, 1.165) is 12.5 Å². The average Bonchev–Trinajstić information content (AvgIpc) is 3.63. The van der Waals surface area contributed by atoms with Crippen molar-refractivity contribution in [3.05, 3.63) is 25.3 Å². The van der Waals surface area contributed by atoms with Crippen molar-refractivity contribution in [3.63, 3.8) is 0 Å². The van der Waals surface area contributed by atoms with Crippen LogP contribution in [0, 0.1) is 40.4 Å². The van der Waals surface area contributed by atoms with Crippen LogP contribution in [0.3, 0.4) is 0 Å². The summed E-state index contributed by atoms with van der Waals surface area (Å²) in [6.07, 6.45) is 15.5. The second-order valence-electron chi connectivity index (χ2n) is 11.3. The average molecular weight is 475 g/mol. The van der Waals surface area contributed by atoms with Crippen molar-refractivity contribution >= 4 is 18.7 Å². The molecule has 0 aromatic heterocycles. The van der Waals surface area contributed by atoms with Gasteiger partial charge in [-0.2, -0.15) is 0 Å². The molecule has 0 amide bonds. The van der Waals surface area contributed by atoms with Crippen LogP contribution in [-0.2, 0) is 23.9 Å². The Hall–Kier alpha value is -1.91. The molecule has 0 radical (unpaired) electrons. The van der Waals surface area contributed by atoms with E-state index < -0.39 is 0 Å². The van der Waals surface area contributed by atoms with Gasteiger partial charge in [0.2, 0.25) is 0 Å². The Labute approximate surface area is 206 Å². The van der Waals surface area contributed by atoms with Crippen molar-refractivity contribution in [2.24, 2.45) is 40.4 Å². The molecule has 5 aliphatic carbocycles. The Morgan fingerprint density at radius 3 is 1.82 bits per heavy atom. The molecule has 5 saturated carbocycles. The van der Waals surface area contributed by atoms with Gasteiger partial charge in [0.25, 0.3) is 0 Å². The number of fused-ring (bicyclic) bond motifs is 7. The summed E-state index contributed by atoms with van der Waals surface area (Å²) in [4.78, 5) is 29.3. The molecule has 0 spiro atoms. The number of hydrogen-bond acceptors (Lipinski definition) is 5. The van der Waals surface area contributed by atoms with Crippen molar-refractivity contribution in [2.75, 3.05) is 6.61 Å². The van der Waals surface area contributed by atoms with E-state index in [4.69, 9.17) is 9.53 Å². The van der Waals surface area contributed by atoms with Crippen LogP contribution in [-0.4, -0.2) is 31.4 Å². The van der Waals surface area contributed by atoms with E-state index in [9.17, 15) is 9.59 Å². The van der Waals surface area contributed by atoms with Gasteiger partial charge in [0.1, 0.15) is 12.9 Å². The maximum absolute atomic E-state index is 11.3. The molecule has 0 aromatic rings. The van der Waals surface area contributed by atoms with Gasteiger partial charge in [0, 0.05) is 17.6 Å². The summed E-state index contributed by atoms with van der Waals surface area (Å²) < 4.78 is 9.91. The third-order valence-electron chi connectivity index (χ3n) is 9.94. The number of ether oxygens (including phenoxy) is 2. The first-order chi connectivity index (χ1) is 16.2. The van der Waals surface area contributed by atoms with Crippen LogP contribution >= 0.6 is 0 Å². The fourth-order valence-corrected chi connectivity index (χ4v) is 7.72. The van der Waals surface area contributed by atoms with Crippen LogP contribution in [0.15, 0.2) is 25.3 Å². The molecule has 0 aromatic carbocycles. The molecule has 34 heavy (non-hydrogen) atoms. The molecule has 5 heteroatoms. The van der Waals surface area contributed by atoms with Gasteiger partial charge in [-0.05, 0) is 93.3 Å². The van der Waals surface area contributed by atoms with Gasteiger partial charge in [-0.3, -0.25) is 0 Å². The monoisotopic (exact) mass is 474 g/mol. The molecule has 5 aliphatic rings. The summed E-state index contributed by atoms with van der Waals surface area (Å²) >= 11 is 0. The van der Waals surface area contributed by atoms with Crippen LogP contribution in [0.25, 0.3) is 0 Å². The highest BCUT2D eigenvalue weighted by molar-refractivity contribution is 5.81.